The van der Waals surface area contributed by atoms with Gasteiger partial charge in [-0.15, -0.1) is 11.3 Å². The Morgan fingerprint density at radius 1 is 1.50 bits per heavy atom. The predicted octanol–water partition coefficient (Wildman–Crippen LogP) is 3.78. The summed E-state index contributed by atoms with van der Waals surface area (Å²) in [6.45, 7) is 0. The Bertz CT molecular complexity index is 499. The van der Waals surface area contributed by atoms with Crippen molar-refractivity contribution >= 4 is 38.9 Å². The van der Waals surface area contributed by atoms with Crippen molar-refractivity contribution in [2.75, 3.05) is 0 Å². The first-order valence-electron chi connectivity index (χ1n) is 4.32. The van der Waals surface area contributed by atoms with E-state index in [2.05, 4.69) is 20.9 Å². The monoisotopic (exact) mass is 321 g/mol. The lowest BCUT2D eigenvalue weighted by Crippen LogP contribution is -2.03. The van der Waals surface area contributed by atoms with Crippen LogP contribution in [0.4, 0.5) is 4.39 Å². The zero-order valence-corrected chi connectivity index (χ0v) is 11.0. The van der Waals surface area contributed by atoms with Crippen LogP contribution in [-0.2, 0) is 0 Å². The molecule has 0 bridgehead atoms. The smallest absolute Gasteiger partial charge is 0.135 e. The van der Waals surface area contributed by atoms with Crippen molar-refractivity contribution in [3.63, 3.8) is 0 Å². The van der Waals surface area contributed by atoms with Crippen LogP contribution in [-0.4, -0.2) is 10.1 Å². The molecule has 0 radical (unpaired) electrons. The molecule has 0 aliphatic heterocycles. The first kappa shape index (κ1) is 12.0. The van der Waals surface area contributed by atoms with Gasteiger partial charge in [-0.1, -0.05) is 17.7 Å². The van der Waals surface area contributed by atoms with E-state index >= 15 is 0 Å². The molecule has 0 aliphatic rings. The Balaban J connectivity index is 2.45. The Labute approximate surface area is 109 Å². The molecule has 2 nitrogen and oxygen atoms in total. The average molecular weight is 323 g/mol. The molecule has 6 heteroatoms. The molecule has 84 valence electrons. The topological polar surface area (TPSA) is 33.1 Å². The summed E-state index contributed by atoms with van der Waals surface area (Å²) in [6, 6.07) is 4.28. The molecule has 0 saturated carbocycles. The van der Waals surface area contributed by atoms with Crippen molar-refractivity contribution < 1.29 is 9.50 Å². The van der Waals surface area contributed by atoms with Crippen LogP contribution in [0.5, 0.6) is 0 Å². The normalized spacial score (nSPS) is 12.8. The van der Waals surface area contributed by atoms with Crippen LogP contribution in [0.3, 0.4) is 0 Å². The zero-order chi connectivity index (χ0) is 11.7. The molecular formula is C10H6BrClFNOS. The second-order valence-corrected chi connectivity index (χ2v) is 5.16. The lowest BCUT2D eigenvalue weighted by molar-refractivity contribution is 0.214. The van der Waals surface area contributed by atoms with Crippen molar-refractivity contribution in [3.8, 4) is 0 Å². The predicted molar refractivity (Wildman–Crippen MR) is 65.3 cm³/mol. The van der Waals surface area contributed by atoms with Gasteiger partial charge in [0.05, 0.1) is 0 Å². The molecule has 2 aromatic rings. The van der Waals surface area contributed by atoms with E-state index in [1.165, 1.54) is 29.5 Å². The number of hydrogen-bond donors (Lipinski definition) is 1. The number of nitrogens with zero attached hydrogens (tertiary/aromatic N) is 1. The maximum absolute atomic E-state index is 13.5. The number of benzene rings is 1. The number of aromatic nitrogens is 1. The van der Waals surface area contributed by atoms with Crippen LogP contribution < -0.4 is 0 Å². The summed E-state index contributed by atoms with van der Waals surface area (Å²) >= 11 is 10.3. The molecule has 0 amide bonds. The third kappa shape index (κ3) is 2.27. The van der Waals surface area contributed by atoms with Crippen molar-refractivity contribution in [1.82, 2.24) is 4.98 Å². The largest absolute Gasteiger partial charge is 0.381 e. The number of hydrogen-bond acceptors (Lipinski definition) is 3. The van der Waals surface area contributed by atoms with Gasteiger partial charge in [-0.05, 0) is 28.1 Å². The summed E-state index contributed by atoms with van der Waals surface area (Å²) in [5.74, 6) is -0.536. The van der Waals surface area contributed by atoms with Gasteiger partial charge >= 0.3 is 0 Å². The zero-order valence-electron chi connectivity index (χ0n) is 7.82. The Morgan fingerprint density at radius 3 is 2.81 bits per heavy atom. The van der Waals surface area contributed by atoms with Gasteiger partial charge in [-0.3, -0.25) is 0 Å². The summed E-state index contributed by atoms with van der Waals surface area (Å²) in [4.78, 5) is 4.03. The second kappa shape index (κ2) is 4.79. The molecular weight excluding hydrogens is 317 g/mol. The molecule has 0 spiro atoms. The standard InChI is InChI=1S/C10H6BrClFNOS/c11-7-4-16-10(14-7)9(15)8-5(12)2-1-3-6(8)13/h1-4,9,15H. The van der Waals surface area contributed by atoms with E-state index in [0.29, 0.717) is 9.61 Å². The first-order valence-corrected chi connectivity index (χ1v) is 6.37. The van der Waals surface area contributed by atoms with Crippen LogP contribution in [0.2, 0.25) is 5.02 Å². The highest BCUT2D eigenvalue weighted by Crippen LogP contribution is 2.32. The minimum atomic E-state index is -1.13. The fraction of sp³-hybridized carbons (Fsp3) is 0.100. The number of rotatable bonds is 2. The minimum Gasteiger partial charge on any atom is -0.381 e. The molecule has 1 aromatic carbocycles. The van der Waals surface area contributed by atoms with Gasteiger partial charge in [-0.2, -0.15) is 0 Å². The van der Waals surface area contributed by atoms with Crippen molar-refractivity contribution in [3.05, 3.63) is 49.6 Å². The molecule has 0 aliphatic carbocycles. The highest BCUT2D eigenvalue weighted by molar-refractivity contribution is 9.10. The second-order valence-electron chi connectivity index (χ2n) is 3.05. The lowest BCUT2D eigenvalue weighted by atomic mass is 10.1. The van der Waals surface area contributed by atoms with Gasteiger partial charge in [0.15, 0.2) is 0 Å². The first-order chi connectivity index (χ1) is 7.59. The van der Waals surface area contributed by atoms with E-state index in [-0.39, 0.29) is 10.6 Å². The molecule has 1 heterocycles. The fourth-order valence-electron chi connectivity index (χ4n) is 1.29. The summed E-state index contributed by atoms with van der Waals surface area (Å²) in [6.07, 6.45) is -1.13. The summed E-state index contributed by atoms with van der Waals surface area (Å²) in [5.41, 5.74) is 0.0611. The van der Waals surface area contributed by atoms with Crippen molar-refractivity contribution in [2.45, 2.75) is 6.10 Å². The van der Waals surface area contributed by atoms with E-state index in [9.17, 15) is 9.50 Å². The van der Waals surface area contributed by atoms with Gasteiger partial charge in [-0.25, -0.2) is 9.37 Å². The summed E-state index contributed by atoms with van der Waals surface area (Å²) in [7, 11) is 0. The van der Waals surface area contributed by atoms with Crippen LogP contribution in [0, 0.1) is 5.82 Å². The van der Waals surface area contributed by atoms with E-state index in [0.717, 1.165) is 0 Å². The van der Waals surface area contributed by atoms with Crippen LogP contribution in [0.1, 0.15) is 16.7 Å². The van der Waals surface area contributed by atoms with Crippen LogP contribution >= 0.6 is 38.9 Å². The molecule has 1 unspecified atom stereocenters. The molecule has 0 fully saturated rings. The highest BCUT2D eigenvalue weighted by atomic mass is 79.9. The number of aliphatic hydroxyl groups is 1. The molecule has 1 aromatic heterocycles. The number of aliphatic hydroxyl groups excluding tert-OH is 1. The molecule has 1 atom stereocenters. The number of halogens is 3. The summed E-state index contributed by atoms with van der Waals surface area (Å²) < 4.78 is 14.1. The lowest BCUT2D eigenvalue weighted by Gasteiger charge is -2.10. The van der Waals surface area contributed by atoms with E-state index < -0.39 is 11.9 Å². The maximum Gasteiger partial charge on any atom is 0.135 e. The van der Waals surface area contributed by atoms with Gasteiger partial charge in [0.25, 0.3) is 0 Å². The molecule has 2 rings (SSSR count). The van der Waals surface area contributed by atoms with E-state index in [1.54, 1.807) is 5.38 Å². The molecule has 16 heavy (non-hydrogen) atoms. The summed E-state index contributed by atoms with van der Waals surface area (Å²) in [5, 5.41) is 12.3. The molecule has 1 N–H and O–H groups in total. The van der Waals surface area contributed by atoms with Crippen LogP contribution in [0.25, 0.3) is 0 Å². The quantitative estimate of drug-likeness (QED) is 0.913. The van der Waals surface area contributed by atoms with E-state index in [4.69, 9.17) is 11.6 Å². The minimum absolute atomic E-state index is 0.0611. The SMILES string of the molecule is OC(c1nc(Br)cs1)c1c(F)cccc1Cl. The average Bonchev–Trinajstić information content (AvgIpc) is 2.64. The Kier molecular flexibility index (Phi) is 3.59. The van der Waals surface area contributed by atoms with Gasteiger partial charge in [0.1, 0.15) is 21.5 Å². The Morgan fingerprint density at radius 2 is 2.25 bits per heavy atom. The van der Waals surface area contributed by atoms with Crippen LogP contribution in [0.15, 0.2) is 28.2 Å². The Hall–Kier alpha value is -0.490. The number of thiazole rings is 1. The van der Waals surface area contributed by atoms with Crippen molar-refractivity contribution in [2.24, 2.45) is 0 Å². The molecule has 0 saturated heterocycles. The maximum atomic E-state index is 13.5. The highest BCUT2D eigenvalue weighted by Gasteiger charge is 2.20. The van der Waals surface area contributed by atoms with Gasteiger partial charge < -0.3 is 5.11 Å². The van der Waals surface area contributed by atoms with E-state index in [1.807, 2.05) is 0 Å². The van der Waals surface area contributed by atoms with Crippen molar-refractivity contribution in [1.29, 1.82) is 0 Å². The third-order valence-corrected chi connectivity index (χ3v) is 3.94. The van der Waals surface area contributed by atoms with Gasteiger partial charge in [0, 0.05) is 16.0 Å². The fourth-order valence-corrected chi connectivity index (χ4v) is 2.81. The van der Waals surface area contributed by atoms with Gasteiger partial charge in [0.2, 0.25) is 0 Å². The third-order valence-electron chi connectivity index (χ3n) is 2.00.